The van der Waals surface area contributed by atoms with Crippen molar-refractivity contribution < 1.29 is 9.52 Å². The SMILES string of the molecule is Cc1ccc2[nH]c(O)c(C=NCc3ccco3)c2c1. The Hall–Kier alpha value is -2.49. The second-order valence-electron chi connectivity index (χ2n) is 4.49. The molecule has 96 valence electrons. The standard InChI is InChI=1S/C15H14N2O2/c1-10-4-5-14-12(7-10)13(15(18)17-14)9-16-8-11-3-2-6-19-11/h2-7,9,17-18H,8H2,1H3. The van der Waals surface area contributed by atoms with E-state index in [2.05, 4.69) is 9.98 Å². The number of aromatic hydroxyl groups is 1. The smallest absolute Gasteiger partial charge is 0.198 e. The average molecular weight is 254 g/mol. The number of hydrogen-bond acceptors (Lipinski definition) is 3. The Labute approximate surface area is 110 Å². The van der Waals surface area contributed by atoms with Crippen LogP contribution in [0, 0.1) is 6.92 Å². The van der Waals surface area contributed by atoms with Gasteiger partial charge in [0.25, 0.3) is 0 Å². The molecule has 0 unspecified atom stereocenters. The number of rotatable bonds is 3. The third-order valence-corrected chi connectivity index (χ3v) is 3.02. The van der Waals surface area contributed by atoms with Crippen molar-refractivity contribution in [3.8, 4) is 5.88 Å². The number of H-pyrrole nitrogens is 1. The number of aryl methyl sites for hydroxylation is 1. The van der Waals surface area contributed by atoms with Gasteiger partial charge in [-0.1, -0.05) is 11.6 Å². The van der Waals surface area contributed by atoms with E-state index < -0.39 is 0 Å². The third-order valence-electron chi connectivity index (χ3n) is 3.02. The molecule has 0 aliphatic rings. The highest BCUT2D eigenvalue weighted by atomic mass is 16.3. The van der Waals surface area contributed by atoms with Gasteiger partial charge in [0.2, 0.25) is 0 Å². The van der Waals surface area contributed by atoms with Crippen molar-refractivity contribution in [1.29, 1.82) is 0 Å². The molecule has 0 amide bonds. The van der Waals surface area contributed by atoms with Gasteiger partial charge in [-0.2, -0.15) is 0 Å². The van der Waals surface area contributed by atoms with Crippen molar-refractivity contribution in [2.45, 2.75) is 13.5 Å². The Balaban J connectivity index is 1.93. The summed E-state index contributed by atoms with van der Waals surface area (Å²) in [6.07, 6.45) is 3.30. The first-order chi connectivity index (χ1) is 9.24. The van der Waals surface area contributed by atoms with E-state index in [1.54, 1.807) is 12.5 Å². The number of benzene rings is 1. The van der Waals surface area contributed by atoms with Crippen LogP contribution in [0.4, 0.5) is 0 Å². The summed E-state index contributed by atoms with van der Waals surface area (Å²) in [5, 5.41) is 10.9. The van der Waals surface area contributed by atoms with Gasteiger partial charge in [0.1, 0.15) is 5.76 Å². The van der Waals surface area contributed by atoms with Gasteiger partial charge in [-0.3, -0.25) is 4.99 Å². The minimum Gasteiger partial charge on any atom is -0.494 e. The number of fused-ring (bicyclic) bond motifs is 1. The molecule has 3 aromatic rings. The van der Waals surface area contributed by atoms with Crippen LogP contribution >= 0.6 is 0 Å². The van der Waals surface area contributed by atoms with E-state index in [4.69, 9.17) is 4.42 Å². The van der Waals surface area contributed by atoms with Crippen molar-refractivity contribution in [2.75, 3.05) is 0 Å². The quantitative estimate of drug-likeness (QED) is 0.704. The molecule has 0 aliphatic carbocycles. The van der Waals surface area contributed by atoms with Gasteiger partial charge in [0.05, 0.1) is 18.4 Å². The zero-order chi connectivity index (χ0) is 13.2. The van der Waals surface area contributed by atoms with Crippen LogP contribution in [0.25, 0.3) is 10.9 Å². The number of furan rings is 1. The van der Waals surface area contributed by atoms with Crippen molar-refractivity contribution in [3.63, 3.8) is 0 Å². The second-order valence-corrected chi connectivity index (χ2v) is 4.49. The fourth-order valence-corrected chi connectivity index (χ4v) is 2.07. The van der Waals surface area contributed by atoms with Gasteiger partial charge in [-0.05, 0) is 31.2 Å². The lowest BCUT2D eigenvalue weighted by Crippen LogP contribution is -1.82. The second kappa shape index (κ2) is 4.65. The van der Waals surface area contributed by atoms with E-state index in [1.807, 2.05) is 37.3 Å². The van der Waals surface area contributed by atoms with Crippen molar-refractivity contribution in [1.82, 2.24) is 4.98 Å². The lowest BCUT2D eigenvalue weighted by atomic mass is 10.1. The van der Waals surface area contributed by atoms with Crippen LogP contribution in [-0.4, -0.2) is 16.3 Å². The largest absolute Gasteiger partial charge is 0.494 e. The zero-order valence-electron chi connectivity index (χ0n) is 10.6. The highest BCUT2D eigenvalue weighted by Crippen LogP contribution is 2.26. The van der Waals surface area contributed by atoms with Crippen molar-refractivity contribution in [3.05, 3.63) is 53.5 Å². The van der Waals surface area contributed by atoms with E-state index in [0.29, 0.717) is 12.1 Å². The van der Waals surface area contributed by atoms with E-state index in [1.165, 1.54) is 0 Å². The Bertz CT molecular complexity index is 724. The molecule has 2 aromatic heterocycles. The van der Waals surface area contributed by atoms with Crippen molar-refractivity contribution >= 4 is 17.1 Å². The predicted octanol–water partition coefficient (Wildman–Crippen LogP) is 3.39. The molecule has 4 nitrogen and oxygen atoms in total. The molecule has 0 atom stereocenters. The number of nitrogens with one attached hydrogen (secondary N) is 1. The van der Waals surface area contributed by atoms with E-state index in [9.17, 15) is 5.11 Å². The molecule has 0 fully saturated rings. The molecule has 19 heavy (non-hydrogen) atoms. The molecule has 0 aliphatic heterocycles. The Kier molecular flexibility index (Phi) is 2.83. The van der Waals surface area contributed by atoms with Crippen LogP contribution in [0.5, 0.6) is 5.88 Å². The van der Waals surface area contributed by atoms with Crippen LogP contribution in [-0.2, 0) is 6.54 Å². The third kappa shape index (κ3) is 2.25. The molecular formula is C15H14N2O2. The monoisotopic (exact) mass is 254 g/mol. The summed E-state index contributed by atoms with van der Waals surface area (Å²) >= 11 is 0. The van der Waals surface area contributed by atoms with Crippen molar-refractivity contribution in [2.24, 2.45) is 4.99 Å². The fourth-order valence-electron chi connectivity index (χ4n) is 2.07. The van der Waals surface area contributed by atoms with Gasteiger partial charge in [-0.25, -0.2) is 0 Å². The van der Waals surface area contributed by atoms with E-state index in [-0.39, 0.29) is 5.88 Å². The summed E-state index contributed by atoms with van der Waals surface area (Å²) < 4.78 is 5.21. The maximum atomic E-state index is 9.91. The maximum absolute atomic E-state index is 9.91. The maximum Gasteiger partial charge on any atom is 0.198 e. The fraction of sp³-hybridized carbons (Fsp3) is 0.133. The predicted molar refractivity (Wildman–Crippen MR) is 74.7 cm³/mol. The number of nitrogens with zero attached hydrogens (tertiary/aromatic N) is 1. The summed E-state index contributed by atoms with van der Waals surface area (Å²) in [7, 11) is 0. The minimum atomic E-state index is 0.142. The minimum absolute atomic E-state index is 0.142. The zero-order valence-corrected chi connectivity index (χ0v) is 10.6. The highest BCUT2D eigenvalue weighted by Gasteiger charge is 2.08. The Morgan fingerprint density at radius 2 is 2.26 bits per heavy atom. The van der Waals surface area contributed by atoms with Crippen LogP contribution in [0.1, 0.15) is 16.9 Å². The molecule has 3 rings (SSSR count). The van der Waals surface area contributed by atoms with Gasteiger partial charge in [-0.15, -0.1) is 0 Å². The van der Waals surface area contributed by atoms with Crippen LogP contribution in [0.2, 0.25) is 0 Å². The van der Waals surface area contributed by atoms with E-state index >= 15 is 0 Å². The molecule has 0 spiro atoms. The first-order valence-electron chi connectivity index (χ1n) is 6.07. The number of aromatic amines is 1. The number of aromatic nitrogens is 1. The summed E-state index contributed by atoms with van der Waals surface area (Å²) in [5.74, 6) is 0.940. The molecule has 0 radical (unpaired) electrons. The van der Waals surface area contributed by atoms with Gasteiger partial charge < -0.3 is 14.5 Å². The molecular weight excluding hydrogens is 240 g/mol. The highest BCUT2D eigenvalue weighted by molar-refractivity contribution is 6.02. The van der Waals surface area contributed by atoms with E-state index in [0.717, 1.165) is 22.2 Å². The molecule has 2 N–H and O–H groups in total. The summed E-state index contributed by atoms with van der Waals surface area (Å²) in [6, 6.07) is 9.68. The number of aliphatic imine (C=N–C) groups is 1. The summed E-state index contributed by atoms with van der Waals surface area (Å²) in [6.45, 7) is 2.48. The van der Waals surface area contributed by atoms with Crippen LogP contribution < -0.4 is 0 Å². The normalized spacial score (nSPS) is 11.6. The van der Waals surface area contributed by atoms with Crippen LogP contribution in [0.3, 0.4) is 0 Å². The van der Waals surface area contributed by atoms with Gasteiger partial charge in [0.15, 0.2) is 5.88 Å². The molecule has 2 heterocycles. The Morgan fingerprint density at radius 3 is 3.05 bits per heavy atom. The van der Waals surface area contributed by atoms with Crippen LogP contribution in [0.15, 0.2) is 46.0 Å². The summed E-state index contributed by atoms with van der Waals surface area (Å²) in [5.41, 5.74) is 2.76. The first kappa shape index (κ1) is 11.6. The molecule has 0 saturated carbocycles. The lowest BCUT2D eigenvalue weighted by Gasteiger charge is -1.94. The molecule has 0 saturated heterocycles. The topological polar surface area (TPSA) is 61.5 Å². The van der Waals surface area contributed by atoms with Gasteiger partial charge in [0, 0.05) is 17.1 Å². The molecule has 1 aromatic carbocycles. The lowest BCUT2D eigenvalue weighted by molar-refractivity contribution is 0.457. The van der Waals surface area contributed by atoms with Gasteiger partial charge >= 0.3 is 0 Å². The first-order valence-corrected chi connectivity index (χ1v) is 6.07. The molecule has 4 heteroatoms. The number of hydrogen-bond donors (Lipinski definition) is 2. The molecule has 0 bridgehead atoms. The summed E-state index contributed by atoms with van der Waals surface area (Å²) in [4.78, 5) is 7.24. The average Bonchev–Trinajstić information content (AvgIpc) is 2.99. The Morgan fingerprint density at radius 1 is 1.37 bits per heavy atom.